The molecule has 204 valence electrons. The molecule has 3 rings (SSSR count). The first-order valence-electron chi connectivity index (χ1n) is 11.5. The van der Waals surface area contributed by atoms with Crippen molar-refractivity contribution in [3.8, 4) is 0 Å². The van der Waals surface area contributed by atoms with Crippen molar-refractivity contribution in [2.45, 2.75) is 44.2 Å². The van der Waals surface area contributed by atoms with Crippen LogP contribution in [0.3, 0.4) is 0 Å². The number of thioether (sulfide) groups is 2. The van der Waals surface area contributed by atoms with Crippen LogP contribution in [0, 0.1) is 6.92 Å². The predicted molar refractivity (Wildman–Crippen MR) is 149 cm³/mol. The van der Waals surface area contributed by atoms with E-state index in [9.17, 15) is 14.7 Å². The van der Waals surface area contributed by atoms with Crippen LogP contribution in [0.1, 0.15) is 51.3 Å². The molecule has 1 aromatic carbocycles. The Labute approximate surface area is 235 Å². The molecule has 0 saturated heterocycles. The molecule has 0 amide bonds. The molecule has 0 saturated carbocycles. The minimum atomic E-state index is -0.495. The highest BCUT2D eigenvalue weighted by Gasteiger charge is 2.16. The average Bonchev–Trinajstić information content (AvgIpc) is 2.92. The fourth-order valence-corrected chi connectivity index (χ4v) is 3.92. The summed E-state index contributed by atoms with van der Waals surface area (Å²) < 4.78 is 9.82. The van der Waals surface area contributed by atoms with Crippen LogP contribution in [-0.2, 0) is 22.6 Å². The number of hydrogen-bond donors (Lipinski definition) is 2. The summed E-state index contributed by atoms with van der Waals surface area (Å²) >= 11 is 8.54. The number of nitrogens with zero attached hydrogens (tertiary/aromatic N) is 4. The maximum Gasteiger partial charge on any atom is 0.343 e. The van der Waals surface area contributed by atoms with Gasteiger partial charge in [-0.05, 0) is 50.0 Å². The second-order valence-electron chi connectivity index (χ2n) is 7.39. The van der Waals surface area contributed by atoms with E-state index in [1.54, 1.807) is 13.8 Å². The van der Waals surface area contributed by atoms with E-state index in [0.717, 1.165) is 16.7 Å². The van der Waals surface area contributed by atoms with E-state index >= 15 is 0 Å². The Balaban J connectivity index is 0.000000308. The van der Waals surface area contributed by atoms with Crippen LogP contribution in [0.2, 0.25) is 5.15 Å². The zero-order valence-electron chi connectivity index (χ0n) is 21.8. The van der Waals surface area contributed by atoms with E-state index in [2.05, 4.69) is 25.3 Å². The third-order valence-corrected chi connectivity index (χ3v) is 6.29. The number of aliphatic hydroxyl groups excluding tert-OH is 1. The molecule has 0 bridgehead atoms. The zero-order valence-corrected chi connectivity index (χ0v) is 24.2. The molecule has 2 N–H and O–H groups in total. The molecular formula is C25H30ClN5O5S2. The molecule has 0 aliphatic heterocycles. The van der Waals surface area contributed by atoms with Crippen LogP contribution >= 0.6 is 35.1 Å². The summed E-state index contributed by atoms with van der Waals surface area (Å²) in [6, 6.07) is 5.83. The summed E-state index contributed by atoms with van der Waals surface area (Å²) in [7, 11) is 0. The normalized spacial score (nSPS) is 10.3. The standard InChI is InChI=1S/C17H21N3O3S.C8H9ClN2O2S/c1-4-23-16(22)14-9-19-17(24-3)20-15(14)18-8-12-5-6-13(10-21)11(2)7-12;1-3-13-7(12)5-4-10-8(14-2)11-6(5)9/h5-7,9,21H,4,8,10H2,1-3H3,(H,18,19,20);4H,3H2,1-2H3. The molecule has 0 aliphatic carbocycles. The van der Waals surface area contributed by atoms with Gasteiger partial charge < -0.3 is 19.9 Å². The molecule has 0 aliphatic rings. The SMILES string of the molecule is CCOC(=O)c1cnc(SC)nc1Cl.CCOC(=O)c1cnc(SC)nc1NCc1ccc(CO)c(C)c1. The van der Waals surface area contributed by atoms with Gasteiger partial charge in [-0.3, -0.25) is 0 Å². The number of aryl methyl sites for hydroxylation is 1. The number of aromatic nitrogens is 4. The maximum absolute atomic E-state index is 12.0. The van der Waals surface area contributed by atoms with E-state index in [0.29, 0.717) is 41.5 Å². The van der Waals surface area contributed by atoms with Gasteiger partial charge in [-0.25, -0.2) is 29.5 Å². The summed E-state index contributed by atoms with van der Waals surface area (Å²) in [6.07, 6.45) is 6.56. The fourth-order valence-electron chi connectivity index (χ4n) is 2.98. The van der Waals surface area contributed by atoms with Gasteiger partial charge in [-0.15, -0.1) is 0 Å². The summed E-state index contributed by atoms with van der Waals surface area (Å²) in [5.74, 6) is -0.485. The second-order valence-corrected chi connectivity index (χ2v) is 9.30. The van der Waals surface area contributed by atoms with Crippen molar-refractivity contribution in [1.29, 1.82) is 0 Å². The summed E-state index contributed by atoms with van der Waals surface area (Å²) in [6.45, 7) is 6.56. The number of benzene rings is 1. The number of halogens is 1. The van der Waals surface area contributed by atoms with Crippen molar-refractivity contribution in [3.63, 3.8) is 0 Å². The van der Waals surface area contributed by atoms with E-state index in [1.807, 2.05) is 37.6 Å². The van der Waals surface area contributed by atoms with E-state index < -0.39 is 11.9 Å². The Morgan fingerprint density at radius 3 is 2.08 bits per heavy atom. The number of carbonyl (C=O) groups excluding carboxylic acids is 2. The van der Waals surface area contributed by atoms with Crippen molar-refractivity contribution in [2.75, 3.05) is 31.0 Å². The van der Waals surface area contributed by atoms with Gasteiger partial charge in [0.15, 0.2) is 10.3 Å². The minimum Gasteiger partial charge on any atom is -0.462 e. The Morgan fingerprint density at radius 2 is 1.55 bits per heavy atom. The number of nitrogens with one attached hydrogen (secondary N) is 1. The molecule has 2 aromatic heterocycles. The van der Waals surface area contributed by atoms with Crippen molar-refractivity contribution in [1.82, 2.24) is 19.9 Å². The molecule has 0 spiro atoms. The van der Waals surface area contributed by atoms with Crippen molar-refractivity contribution < 1.29 is 24.2 Å². The van der Waals surface area contributed by atoms with Gasteiger partial charge in [0, 0.05) is 18.9 Å². The minimum absolute atomic E-state index is 0.0234. The van der Waals surface area contributed by atoms with Crippen LogP contribution in [0.15, 0.2) is 40.9 Å². The van der Waals surface area contributed by atoms with Crippen LogP contribution < -0.4 is 5.32 Å². The predicted octanol–water partition coefficient (Wildman–Crippen LogP) is 4.82. The first kappa shape index (κ1) is 31.3. The molecule has 3 aromatic rings. The summed E-state index contributed by atoms with van der Waals surface area (Å²) in [5, 5.41) is 13.7. The van der Waals surface area contributed by atoms with Gasteiger partial charge in [0.05, 0.1) is 19.8 Å². The lowest BCUT2D eigenvalue weighted by Crippen LogP contribution is -2.13. The van der Waals surface area contributed by atoms with Crippen LogP contribution in [0.5, 0.6) is 0 Å². The number of anilines is 1. The molecule has 10 nitrogen and oxygen atoms in total. The lowest BCUT2D eigenvalue weighted by atomic mass is 10.1. The maximum atomic E-state index is 12.0. The van der Waals surface area contributed by atoms with E-state index in [1.165, 1.54) is 35.9 Å². The Morgan fingerprint density at radius 1 is 0.974 bits per heavy atom. The van der Waals surface area contributed by atoms with E-state index in [4.69, 9.17) is 21.1 Å². The highest BCUT2D eigenvalue weighted by atomic mass is 35.5. The lowest BCUT2D eigenvalue weighted by molar-refractivity contribution is 0.0516. The number of hydrogen-bond acceptors (Lipinski definition) is 12. The highest BCUT2D eigenvalue weighted by Crippen LogP contribution is 2.20. The van der Waals surface area contributed by atoms with E-state index in [-0.39, 0.29) is 17.3 Å². The Bertz CT molecular complexity index is 1250. The van der Waals surface area contributed by atoms with Gasteiger partial charge in [0.1, 0.15) is 22.1 Å². The first-order chi connectivity index (χ1) is 18.3. The van der Waals surface area contributed by atoms with Crippen LogP contribution in [-0.4, -0.2) is 62.7 Å². The van der Waals surface area contributed by atoms with Gasteiger partial charge in [0.2, 0.25) is 0 Å². The molecule has 0 atom stereocenters. The smallest absolute Gasteiger partial charge is 0.343 e. The summed E-state index contributed by atoms with van der Waals surface area (Å²) in [4.78, 5) is 39.7. The van der Waals surface area contributed by atoms with Gasteiger partial charge in [-0.2, -0.15) is 0 Å². The molecular weight excluding hydrogens is 550 g/mol. The number of esters is 2. The van der Waals surface area contributed by atoms with Crippen molar-refractivity contribution in [2.24, 2.45) is 0 Å². The van der Waals surface area contributed by atoms with Crippen molar-refractivity contribution in [3.05, 3.63) is 63.6 Å². The molecule has 0 fully saturated rings. The second kappa shape index (κ2) is 16.1. The van der Waals surface area contributed by atoms with Gasteiger partial charge in [0.25, 0.3) is 0 Å². The summed E-state index contributed by atoms with van der Waals surface area (Å²) in [5.41, 5.74) is 3.47. The number of ether oxygens (including phenoxy) is 2. The fraction of sp³-hybridized carbons (Fsp3) is 0.360. The number of aliphatic hydroxyl groups is 1. The number of carbonyl (C=O) groups is 2. The van der Waals surface area contributed by atoms with Crippen LogP contribution in [0.4, 0.5) is 5.82 Å². The molecule has 0 radical (unpaired) electrons. The monoisotopic (exact) mass is 579 g/mol. The van der Waals surface area contributed by atoms with Crippen LogP contribution in [0.25, 0.3) is 0 Å². The lowest BCUT2D eigenvalue weighted by Gasteiger charge is -2.12. The van der Waals surface area contributed by atoms with Gasteiger partial charge >= 0.3 is 11.9 Å². The topological polar surface area (TPSA) is 136 Å². The molecule has 2 heterocycles. The Hall–Kier alpha value is -2.93. The van der Waals surface area contributed by atoms with Crippen molar-refractivity contribution >= 4 is 52.9 Å². The quantitative estimate of drug-likeness (QED) is 0.147. The average molecular weight is 580 g/mol. The first-order valence-corrected chi connectivity index (χ1v) is 14.3. The highest BCUT2D eigenvalue weighted by molar-refractivity contribution is 7.98. The third kappa shape index (κ3) is 9.12. The third-order valence-electron chi connectivity index (χ3n) is 4.88. The molecule has 38 heavy (non-hydrogen) atoms. The van der Waals surface area contributed by atoms with Gasteiger partial charge in [-0.1, -0.05) is 53.3 Å². The number of rotatable bonds is 10. The largest absolute Gasteiger partial charge is 0.462 e. The zero-order chi connectivity index (χ0) is 28.1. The Kier molecular flexibility index (Phi) is 13.3. The molecule has 0 unspecified atom stereocenters. The molecule has 13 heteroatoms.